The molecule has 3 aromatic rings. The molecule has 4 nitrogen and oxygen atoms in total. The molecule has 0 aliphatic heterocycles. The summed E-state index contributed by atoms with van der Waals surface area (Å²) in [6.45, 7) is 0. The lowest BCUT2D eigenvalue weighted by Gasteiger charge is -2.19. The highest BCUT2D eigenvalue weighted by atomic mass is 32.1. The van der Waals surface area contributed by atoms with Gasteiger partial charge in [0.1, 0.15) is 22.7 Å². The maximum absolute atomic E-state index is 9.43. The third-order valence-electron chi connectivity index (χ3n) is 4.04. The molecule has 0 amide bonds. The van der Waals surface area contributed by atoms with Crippen LogP contribution in [0.4, 0.5) is 11.5 Å². The van der Waals surface area contributed by atoms with E-state index in [2.05, 4.69) is 14.9 Å². The summed E-state index contributed by atoms with van der Waals surface area (Å²) in [7, 11) is 2.01. The van der Waals surface area contributed by atoms with Gasteiger partial charge in [0.15, 0.2) is 0 Å². The number of thiophene rings is 1. The number of benzene rings is 1. The maximum atomic E-state index is 9.43. The average Bonchev–Trinajstić information content (AvgIpc) is 3.07. The van der Waals surface area contributed by atoms with E-state index in [1.165, 1.54) is 28.7 Å². The minimum absolute atomic E-state index is 0.274. The van der Waals surface area contributed by atoms with Crippen LogP contribution in [0.15, 0.2) is 30.6 Å². The Morgan fingerprint density at radius 3 is 2.76 bits per heavy atom. The van der Waals surface area contributed by atoms with Gasteiger partial charge < -0.3 is 10.0 Å². The number of phenols is 1. The Balaban J connectivity index is 1.88. The van der Waals surface area contributed by atoms with Crippen LogP contribution in [0, 0.1) is 0 Å². The molecule has 0 fully saturated rings. The molecule has 1 N–H and O–H groups in total. The van der Waals surface area contributed by atoms with Crippen molar-refractivity contribution in [3.63, 3.8) is 0 Å². The van der Waals surface area contributed by atoms with Crippen molar-refractivity contribution >= 4 is 33.1 Å². The lowest BCUT2D eigenvalue weighted by molar-refractivity contribution is 0.475. The second-order valence-electron chi connectivity index (χ2n) is 5.31. The summed E-state index contributed by atoms with van der Waals surface area (Å²) in [5.41, 5.74) is 2.43. The normalized spacial score (nSPS) is 13.6. The third-order valence-corrected chi connectivity index (χ3v) is 5.24. The van der Waals surface area contributed by atoms with Crippen molar-refractivity contribution in [2.24, 2.45) is 0 Å². The molecule has 0 bridgehead atoms. The van der Waals surface area contributed by atoms with Crippen molar-refractivity contribution in [3.8, 4) is 5.75 Å². The highest BCUT2D eigenvalue weighted by Crippen LogP contribution is 2.41. The van der Waals surface area contributed by atoms with E-state index in [0.717, 1.165) is 22.8 Å². The molecule has 21 heavy (non-hydrogen) atoms. The highest BCUT2D eigenvalue weighted by Gasteiger charge is 2.22. The first-order valence-electron chi connectivity index (χ1n) is 7.02. The molecule has 0 spiro atoms. The largest absolute Gasteiger partial charge is 0.508 e. The number of nitrogens with zero attached hydrogens (tertiary/aromatic N) is 3. The van der Waals surface area contributed by atoms with Gasteiger partial charge in [-0.3, -0.25) is 0 Å². The molecule has 0 saturated carbocycles. The summed E-state index contributed by atoms with van der Waals surface area (Å²) in [5.74, 6) is 1.22. The fourth-order valence-corrected chi connectivity index (χ4v) is 4.19. The molecule has 1 aliphatic carbocycles. The van der Waals surface area contributed by atoms with Crippen LogP contribution in [0.5, 0.6) is 5.75 Å². The Morgan fingerprint density at radius 1 is 1.14 bits per heavy atom. The lowest BCUT2D eigenvalue weighted by Crippen LogP contribution is -2.11. The number of aryl methyl sites for hydroxylation is 2. The topological polar surface area (TPSA) is 49.2 Å². The summed E-state index contributed by atoms with van der Waals surface area (Å²) >= 11 is 1.80. The molecule has 0 saturated heterocycles. The fourth-order valence-electron chi connectivity index (χ4n) is 2.96. The van der Waals surface area contributed by atoms with Crippen LogP contribution in [0.3, 0.4) is 0 Å². The first-order valence-corrected chi connectivity index (χ1v) is 7.83. The van der Waals surface area contributed by atoms with Gasteiger partial charge in [-0.05, 0) is 49.1 Å². The van der Waals surface area contributed by atoms with Gasteiger partial charge in [-0.25, -0.2) is 9.97 Å². The average molecular weight is 297 g/mol. The summed E-state index contributed by atoms with van der Waals surface area (Å²) in [4.78, 5) is 13.6. The smallest absolute Gasteiger partial charge is 0.145 e. The first-order chi connectivity index (χ1) is 10.2. The van der Waals surface area contributed by atoms with E-state index < -0.39 is 0 Å². The summed E-state index contributed by atoms with van der Waals surface area (Å²) in [5, 5.41) is 10.6. The van der Waals surface area contributed by atoms with Gasteiger partial charge in [0, 0.05) is 17.6 Å². The molecule has 2 aromatic heterocycles. The molecule has 2 heterocycles. The molecule has 5 heteroatoms. The zero-order valence-electron chi connectivity index (χ0n) is 11.7. The van der Waals surface area contributed by atoms with E-state index in [-0.39, 0.29) is 5.75 Å². The van der Waals surface area contributed by atoms with Gasteiger partial charge in [-0.1, -0.05) is 0 Å². The third kappa shape index (κ3) is 1.96. The van der Waals surface area contributed by atoms with E-state index in [0.29, 0.717) is 0 Å². The number of aromatic hydroxyl groups is 1. The Kier molecular flexibility index (Phi) is 2.82. The predicted octanol–water partition coefficient (Wildman–Crippen LogP) is 3.65. The monoisotopic (exact) mass is 297 g/mol. The van der Waals surface area contributed by atoms with Crippen molar-refractivity contribution in [1.82, 2.24) is 9.97 Å². The number of fused-ring (bicyclic) bond motifs is 3. The standard InChI is InChI=1S/C16H15N3OS/c1-19(10-5-7-11(20)8-6-10)15-14-12-3-2-4-13(12)21-16(14)18-9-17-15/h5-9,20H,2-4H2,1H3. The second-order valence-corrected chi connectivity index (χ2v) is 6.39. The quantitative estimate of drug-likeness (QED) is 0.784. The van der Waals surface area contributed by atoms with Gasteiger partial charge in [0.2, 0.25) is 0 Å². The number of hydrogen-bond acceptors (Lipinski definition) is 5. The van der Waals surface area contributed by atoms with E-state index in [9.17, 15) is 5.11 Å². The van der Waals surface area contributed by atoms with Crippen molar-refractivity contribution in [2.45, 2.75) is 19.3 Å². The maximum Gasteiger partial charge on any atom is 0.145 e. The second kappa shape index (κ2) is 4.70. The molecule has 1 aliphatic rings. The lowest BCUT2D eigenvalue weighted by atomic mass is 10.1. The van der Waals surface area contributed by atoms with Gasteiger partial charge in [-0.2, -0.15) is 0 Å². The molecule has 1 aromatic carbocycles. The van der Waals surface area contributed by atoms with Crippen LogP contribution < -0.4 is 4.90 Å². The van der Waals surface area contributed by atoms with E-state index in [4.69, 9.17) is 0 Å². The van der Waals surface area contributed by atoms with Crippen molar-refractivity contribution in [3.05, 3.63) is 41.0 Å². The molecule has 0 radical (unpaired) electrons. The van der Waals surface area contributed by atoms with Crippen LogP contribution in [0.2, 0.25) is 0 Å². The Morgan fingerprint density at radius 2 is 1.95 bits per heavy atom. The minimum Gasteiger partial charge on any atom is -0.508 e. The Bertz CT molecular complexity index is 810. The molecule has 0 atom stereocenters. The highest BCUT2D eigenvalue weighted by molar-refractivity contribution is 7.19. The van der Waals surface area contributed by atoms with Crippen molar-refractivity contribution < 1.29 is 5.11 Å². The van der Waals surface area contributed by atoms with Gasteiger partial charge in [0.05, 0.1) is 5.39 Å². The van der Waals surface area contributed by atoms with Crippen LogP contribution in [0.25, 0.3) is 10.2 Å². The van der Waals surface area contributed by atoms with E-state index in [1.54, 1.807) is 29.8 Å². The zero-order valence-corrected chi connectivity index (χ0v) is 12.5. The molecular formula is C16H15N3OS. The Hall–Kier alpha value is -2.14. The predicted molar refractivity (Wildman–Crippen MR) is 85.6 cm³/mol. The van der Waals surface area contributed by atoms with Crippen LogP contribution >= 0.6 is 11.3 Å². The first kappa shape index (κ1) is 12.6. The number of phenolic OH excluding ortho intramolecular Hbond substituents is 1. The van der Waals surface area contributed by atoms with Crippen LogP contribution in [-0.2, 0) is 12.8 Å². The van der Waals surface area contributed by atoms with Crippen LogP contribution in [0.1, 0.15) is 16.9 Å². The van der Waals surface area contributed by atoms with Gasteiger partial charge in [-0.15, -0.1) is 11.3 Å². The molecular weight excluding hydrogens is 282 g/mol. The molecule has 4 rings (SSSR count). The number of anilines is 2. The Labute approximate surface area is 126 Å². The zero-order chi connectivity index (χ0) is 14.4. The minimum atomic E-state index is 0.274. The fraction of sp³-hybridized carbons (Fsp3) is 0.250. The van der Waals surface area contributed by atoms with Crippen molar-refractivity contribution in [1.29, 1.82) is 0 Å². The van der Waals surface area contributed by atoms with Gasteiger partial charge in [0.25, 0.3) is 0 Å². The van der Waals surface area contributed by atoms with Crippen molar-refractivity contribution in [2.75, 3.05) is 11.9 Å². The summed E-state index contributed by atoms with van der Waals surface area (Å²) in [6, 6.07) is 7.19. The molecule has 0 unspecified atom stereocenters. The van der Waals surface area contributed by atoms with Gasteiger partial charge >= 0.3 is 0 Å². The number of hydrogen-bond donors (Lipinski definition) is 1. The van der Waals surface area contributed by atoms with E-state index in [1.807, 2.05) is 19.2 Å². The number of rotatable bonds is 2. The van der Waals surface area contributed by atoms with E-state index >= 15 is 0 Å². The van der Waals surface area contributed by atoms with Crippen LogP contribution in [-0.4, -0.2) is 22.1 Å². The SMILES string of the molecule is CN(c1ccc(O)cc1)c1ncnc2sc3c(c12)CCC3. The summed E-state index contributed by atoms with van der Waals surface area (Å²) < 4.78 is 0. The summed E-state index contributed by atoms with van der Waals surface area (Å²) in [6.07, 6.45) is 5.16. The molecule has 106 valence electrons. The number of aromatic nitrogens is 2.